The van der Waals surface area contributed by atoms with Gasteiger partial charge < -0.3 is 20.8 Å². The molecule has 0 unspecified atom stereocenters. The molecule has 0 radical (unpaired) electrons. The number of nitrogens with zero attached hydrogens (tertiary/aromatic N) is 1. The van der Waals surface area contributed by atoms with Crippen molar-refractivity contribution in [2.45, 2.75) is 25.3 Å². The Hall–Kier alpha value is -2.67. The highest BCUT2D eigenvalue weighted by Crippen LogP contribution is 2.23. The highest BCUT2D eigenvalue weighted by Gasteiger charge is 2.14. The summed E-state index contributed by atoms with van der Waals surface area (Å²) in [5.74, 6) is -2.15. The lowest BCUT2D eigenvalue weighted by Crippen LogP contribution is -2.22. The van der Waals surface area contributed by atoms with Gasteiger partial charge in [-0.15, -0.1) is 0 Å². The van der Waals surface area contributed by atoms with Gasteiger partial charge >= 0.3 is 11.9 Å². The molecule has 0 aliphatic carbocycles. The van der Waals surface area contributed by atoms with Crippen LogP contribution >= 0.6 is 0 Å². The molecule has 2 heterocycles. The smallest absolute Gasteiger partial charge is 0.303 e. The lowest BCUT2D eigenvalue weighted by Gasteiger charge is -2.14. The van der Waals surface area contributed by atoms with E-state index in [0.29, 0.717) is 6.04 Å². The number of aliphatic carboxylic acids is 2. The van der Waals surface area contributed by atoms with E-state index in [4.69, 9.17) is 10.2 Å². The SMILES string of the molecule is O=C(O)CCC(=O)O.c1cc(N[C@@H]2CCNC2)c2ccncc2c1. The molecule has 0 spiro atoms. The summed E-state index contributed by atoms with van der Waals surface area (Å²) in [5.41, 5.74) is 1.22. The average molecular weight is 331 g/mol. The van der Waals surface area contributed by atoms with Crippen molar-refractivity contribution < 1.29 is 19.8 Å². The molecule has 0 bridgehead atoms. The maximum Gasteiger partial charge on any atom is 0.303 e. The van der Waals surface area contributed by atoms with E-state index < -0.39 is 11.9 Å². The van der Waals surface area contributed by atoms with Crippen LogP contribution in [-0.4, -0.2) is 46.3 Å². The predicted octanol–water partition coefficient (Wildman–Crippen LogP) is 1.94. The molecule has 7 nitrogen and oxygen atoms in total. The zero-order valence-electron chi connectivity index (χ0n) is 13.2. The Morgan fingerprint density at radius 1 is 1.21 bits per heavy atom. The summed E-state index contributed by atoms with van der Waals surface area (Å²) in [7, 11) is 0. The lowest BCUT2D eigenvalue weighted by molar-refractivity contribution is -0.143. The first-order chi connectivity index (χ1) is 11.6. The van der Waals surface area contributed by atoms with E-state index in [1.54, 1.807) is 0 Å². The summed E-state index contributed by atoms with van der Waals surface area (Å²) in [6.07, 6.45) is 4.36. The number of carboxylic acids is 2. The van der Waals surface area contributed by atoms with Gasteiger partial charge in [-0.2, -0.15) is 0 Å². The number of hydrogen-bond donors (Lipinski definition) is 4. The van der Waals surface area contributed by atoms with E-state index in [9.17, 15) is 9.59 Å². The summed E-state index contributed by atoms with van der Waals surface area (Å²) in [6, 6.07) is 8.94. The van der Waals surface area contributed by atoms with Crippen LogP contribution in [0.15, 0.2) is 36.7 Å². The van der Waals surface area contributed by atoms with Gasteiger partial charge in [-0.3, -0.25) is 14.6 Å². The summed E-state index contributed by atoms with van der Waals surface area (Å²) in [4.78, 5) is 23.4. The maximum atomic E-state index is 9.64. The van der Waals surface area contributed by atoms with E-state index in [-0.39, 0.29) is 12.8 Å². The van der Waals surface area contributed by atoms with Gasteiger partial charge in [-0.1, -0.05) is 12.1 Å². The Balaban J connectivity index is 0.000000224. The van der Waals surface area contributed by atoms with Gasteiger partial charge in [0.1, 0.15) is 0 Å². The lowest BCUT2D eigenvalue weighted by atomic mass is 10.1. The number of rotatable bonds is 5. The van der Waals surface area contributed by atoms with Crippen molar-refractivity contribution in [2.24, 2.45) is 0 Å². The minimum Gasteiger partial charge on any atom is -0.481 e. The Morgan fingerprint density at radius 3 is 2.58 bits per heavy atom. The second kappa shape index (κ2) is 8.83. The molecule has 1 aliphatic heterocycles. The van der Waals surface area contributed by atoms with Crippen molar-refractivity contribution in [1.29, 1.82) is 0 Å². The Labute approximate surface area is 139 Å². The second-order valence-electron chi connectivity index (χ2n) is 5.52. The van der Waals surface area contributed by atoms with Crippen molar-refractivity contribution >= 4 is 28.4 Å². The van der Waals surface area contributed by atoms with Gasteiger partial charge in [0.05, 0.1) is 12.8 Å². The van der Waals surface area contributed by atoms with Gasteiger partial charge in [0, 0.05) is 41.4 Å². The molecule has 0 saturated carbocycles. The highest BCUT2D eigenvalue weighted by atomic mass is 16.4. The summed E-state index contributed by atoms with van der Waals surface area (Å²) >= 11 is 0. The molecular weight excluding hydrogens is 310 g/mol. The van der Waals surface area contributed by atoms with Crippen molar-refractivity contribution in [3.8, 4) is 0 Å². The third-order valence-electron chi connectivity index (χ3n) is 3.65. The number of anilines is 1. The third kappa shape index (κ3) is 5.51. The molecule has 128 valence electrons. The molecule has 1 atom stereocenters. The molecule has 0 amide bonds. The van der Waals surface area contributed by atoms with Crippen molar-refractivity contribution in [1.82, 2.24) is 10.3 Å². The van der Waals surface area contributed by atoms with E-state index in [1.807, 2.05) is 12.4 Å². The number of carboxylic acid groups (broad SMARTS) is 2. The number of pyridine rings is 1. The van der Waals surface area contributed by atoms with Crippen molar-refractivity contribution in [3.63, 3.8) is 0 Å². The van der Waals surface area contributed by atoms with Gasteiger partial charge in [-0.25, -0.2) is 0 Å². The number of hydrogen-bond acceptors (Lipinski definition) is 5. The van der Waals surface area contributed by atoms with Crippen LogP contribution < -0.4 is 10.6 Å². The van der Waals surface area contributed by atoms with E-state index >= 15 is 0 Å². The molecule has 2 aromatic rings. The summed E-state index contributed by atoms with van der Waals surface area (Å²) in [5, 5.41) is 25.2. The fraction of sp³-hybridized carbons (Fsp3) is 0.353. The van der Waals surface area contributed by atoms with Crippen LogP contribution in [0.4, 0.5) is 5.69 Å². The number of aromatic nitrogens is 1. The van der Waals surface area contributed by atoms with Crippen LogP contribution in [0.1, 0.15) is 19.3 Å². The molecule has 1 saturated heterocycles. The first kappa shape index (κ1) is 17.7. The van der Waals surface area contributed by atoms with Crippen LogP contribution in [0.3, 0.4) is 0 Å². The molecule has 24 heavy (non-hydrogen) atoms. The van der Waals surface area contributed by atoms with Gasteiger partial charge in [0.25, 0.3) is 0 Å². The average Bonchev–Trinajstić information content (AvgIpc) is 3.07. The minimum absolute atomic E-state index is 0.296. The zero-order valence-corrected chi connectivity index (χ0v) is 13.2. The van der Waals surface area contributed by atoms with Crippen LogP contribution in [0.5, 0.6) is 0 Å². The van der Waals surface area contributed by atoms with Crippen LogP contribution in [0.25, 0.3) is 10.8 Å². The first-order valence-electron chi connectivity index (χ1n) is 7.80. The third-order valence-corrected chi connectivity index (χ3v) is 3.65. The molecule has 3 rings (SSSR count). The van der Waals surface area contributed by atoms with Crippen molar-refractivity contribution in [3.05, 3.63) is 36.7 Å². The zero-order chi connectivity index (χ0) is 17.4. The molecule has 4 N–H and O–H groups in total. The number of benzene rings is 1. The highest BCUT2D eigenvalue weighted by molar-refractivity contribution is 5.93. The molecule has 7 heteroatoms. The second-order valence-corrected chi connectivity index (χ2v) is 5.52. The van der Waals surface area contributed by atoms with Gasteiger partial charge in [0.2, 0.25) is 0 Å². The number of fused-ring (bicyclic) bond motifs is 1. The number of carbonyl (C=O) groups is 2. The fourth-order valence-electron chi connectivity index (χ4n) is 2.46. The molecule has 1 fully saturated rings. The normalized spacial score (nSPS) is 16.2. The van der Waals surface area contributed by atoms with Gasteiger partial charge in [-0.05, 0) is 25.1 Å². The van der Waals surface area contributed by atoms with Gasteiger partial charge in [0.15, 0.2) is 0 Å². The fourth-order valence-corrected chi connectivity index (χ4v) is 2.46. The molecule has 1 aliphatic rings. The van der Waals surface area contributed by atoms with Crippen LogP contribution in [0, 0.1) is 0 Å². The maximum absolute atomic E-state index is 9.64. The molecule has 1 aromatic heterocycles. The van der Waals surface area contributed by atoms with E-state index in [1.165, 1.54) is 22.9 Å². The van der Waals surface area contributed by atoms with Crippen LogP contribution in [-0.2, 0) is 9.59 Å². The topological polar surface area (TPSA) is 112 Å². The molecular formula is C17H21N3O4. The predicted molar refractivity (Wildman–Crippen MR) is 91.1 cm³/mol. The Kier molecular flexibility index (Phi) is 6.51. The largest absolute Gasteiger partial charge is 0.481 e. The first-order valence-corrected chi connectivity index (χ1v) is 7.80. The Morgan fingerprint density at radius 2 is 1.96 bits per heavy atom. The summed E-state index contributed by atoms with van der Waals surface area (Å²) in [6.45, 7) is 2.17. The Bertz CT molecular complexity index is 680. The van der Waals surface area contributed by atoms with E-state index in [0.717, 1.165) is 13.1 Å². The number of nitrogens with one attached hydrogen (secondary N) is 2. The monoisotopic (exact) mass is 331 g/mol. The quantitative estimate of drug-likeness (QED) is 0.662. The molecule has 1 aromatic carbocycles. The minimum atomic E-state index is -1.08. The summed E-state index contributed by atoms with van der Waals surface area (Å²) < 4.78 is 0. The van der Waals surface area contributed by atoms with Crippen LogP contribution in [0.2, 0.25) is 0 Å². The van der Waals surface area contributed by atoms with E-state index in [2.05, 4.69) is 39.9 Å². The van der Waals surface area contributed by atoms with Crippen molar-refractivity contribution in [2.75, 3.05) is 18.4 Å². The standard InChI is InChI=1S/C13H15N3.C4H6O4/c1-2-10-8-14-7-5-12(10)13(3-1)16-11-4-6-15-9-11;5-3(6)1-2-4(7)8/h1-3,5,7-8,11,15-16H,4,6,9H2;1-2H2,(H,5,6)(H,7,8)/t11-;/m1./s1.